The second-order valence-electron chi connectivity index (χ2n) is 5.50. The summed E-state index contributed by atoms with van der Waals surface area (Å²) >= 11 is 1.71. The molecule has 2 rings (SSSR count). The molecule has 0 fully saturated rings. The normalized spacial score (nSPS) is 11.0. The Balaban J connectivity index is 2.24. The standard InChI is InChI=1S/C19H24N2OS/c1-6-21(4)13-20-18-10-15(3)19(11-14(18)2)22-16-8-7-9-17(12-16)23-5/h7-13H,6H2,1-5H3. The molecule has 0 N–H and O–H groups in total. The minimum absolute atomic E-state index is 0.862. The minimum Gasteiger partial charge on any atom is -0.457 e. The monoisotopic (exact) mass is 328 g/mol. The van der Waals surface area contributed by atoms with Crippen molar-refractivity contribution in [2.24, 2.45) is 4.99 Å². The SMILES string of the molecule is CCN(C)C=Nc1cc(C)c(Oc2cccc(SC)c2)cc1C. The molecule has 0 heterocycles. The van der Waals surface area contributed by atoms with Crippen LogP contribution in [-0.4, -0.2) is 31.1 Å². The topological polar surface area (TPSA) is 24.8 Å². The summed E-state index contributed by atoms with van der Waals surface area (Å²) in [7, 11) is 2.02. The Morgan fingerprint density at radius 3 is 2.65 bits per heavy atom. The first-order valence-electron chi connectivity index (χ1n) is 7.71. The third-order valence-corrected chi connectivity index (χ3v) is 4.38. The lowest BCUT2D eigenvalue weighted by Crippen LogP contribution is -2.14. The molecular weight excluding hydrogens is 304 g/mol. The second-order valence-corrected chi connectivity index (χ2v) is 6.38. The van der Waals surface area contributed by atoms with Crippen LogP contribution in [0.5, 0.6) is 11.5 Å². The zero-order valence-electron chi connectivity index (χ0n) is 14.5. The zero-order chi connectivity index (χ0) is 16.8. The Labute approximate surface area is 143 Å². The predicted molar refractivity (Wildman–Crippen MR) is 101 cm³/mol. The summed E-state index contributed by atoms with van der Waals surface area (Å²) < 4.78 is 6.06. The lowest BCUT2D eigenvalue weighted by Gasteiger charge is -2.13. The van der Waals surface area contributed by atoms with Crippen molar-refractivity contribution in [3.63, 3.8) is 0 Å². The zero-order valence-corrected chi connectivity index (χ0v) is 15.3. The summed E-state index contributed by atoms with van der Waals surface area (Å²) in [5.41, 5.74) is 3.16. The molecule has 0 aliphatic rings. The Bertz CT molecular complexity index is 698. The van der Waals surface area contributed by atoms with Gasteiger partial charge >= 0.3 is 0 Å². The molecule has 2 aromatic carbocycles. The van der Waals surface area contributed by atoms with Gasteiger partial charge in [-0.3, -0.25) is 0 Å². The van der Waals surface area contributed by atoms with Gasteiger partial charge in [0.1, 0.15) is 11.5 Å². The van der Waals surface area contributed by atoms with Crippen LogP contribution in [-0.2, 0) is 0 Å². The van der Waals surface area contributed by atoms with Gasteiger partial charge in [0, 0.05) is 18.5 Å². The molecule has 0 aliphatic carbocycles. The summed E-state index contributed by atoms with van der Waals surface area (Å²) in [5.74, 6) is 1.74. The highest BCUT2D eigenvalue weighted by molar-refractivity contribution is 7.98. The average Bonchev–Trinajstić information content (AvgIpc) is 2.56. The molecule has 23 heavy (non-hydrogen) atoms. The Morgan fingerprint density at radius 2 is 1.96 bits per heavy atom. The highest BCUT2D eigenvalue weighted by atomic mass is 32.2. The van der Waals surface area contributed by atoms with Crippen LogP contribution in [0.2, 0.25) is 0 Å². The van der Waals surface area contributed by atoms with Gasteiger partial charge in [-0.05, 0) is 68.5 Å². The van der Waals surface area contributed by atoms with Crippen LogP contribution in [0.25, 0.3) is 0 Å². The van der Waals surface area contributed by atoms with Gasteiger partial charge in [-0.15, -0.1) is 11.8 Å². The number of ether oxygens (including phenoxy) is 1. The first kappa shape index (κ1) is 17.4. The average molecular weight is 328 g/mol. The largest absolute Gasteiger partial charge is 0.457 e. The summed E-state index contributed by atoms with van der Waals surface area (Å²) in [6.45, 7) is 7.15. The number of hydrogen-bond donors (Lipinski definition) is 0. The molecule has 0 saturated heterocycles. The second kappa shape index (κ2) is 8.06. The maximum atomic E-state index is 6.06. The Hall–Kier alpha value is -1.94. The molecule has 0 amide bonds. The van der Waals surface area contributed by atoms with E-state index in [2.05, 4.69) is 56.3 Å². The van der Waals surface area contributed by atoms with Crippen LogP contribution in [0.1, 0.15) is 18.1 Å². The number of aliphatic imine (C=N–C) groups is 1. The number of hydrogen-bond acceptors (Lipinski definition) is 3. The molecular formula is C19H24N2OS. The van der Waals surface area contributed by atoms with E-state index >= 15 is 0 Å². The highest BCUT2D eigenvalue weighted by Gasteiger charge is 2.07. The van der Waals surface area contributed by atoms with Crippen LogP contribution in [0.3, 0.4) is 0 Å². The Morgan fingerprint density at radius 1 is 1.17 bits per heavy atom. The van der Waals surface area contributed by atoms with E-state index in [4.69, 9.17) is 4.74 Å². The van der Waals surface area contributed by atoms with Gasteiger partial charge in [0.05, 0.1) is 12.0 Å². The Kier molecular flexibility index (Phi) is 6.11. The van der Waals surface area contributed by atoms with Crippen LogP contribution in [0, 0.1) is 13.8 Å². The molecule has 122 valence electrons. The predicted octanol–water partition coefficient (Wildman–Crippen LogP) is 5.43. The third kappa shape index (κ3) is 4.76. The van der Waals surface area contributed by atoms with Crippen molar-refractivity contribution in [1.29, 1.82) is 0 Å². The smallest absolute Gasteiger partial charge is 0.130 e. The summed E-state index contributed by atoms with van der Waals surface area (Å²) in [6.07, 6.45) is 3.93. The first-order chi connectivity index (χ1) is 11.0. The van der Waals surface area contributed by atoms with Gasteiger partial charge < -0.3 is 9.64 Å². The molecule has 0 aliphatic heterocycles. The summed E-state index contributed by atoms with van der Waals surface area (Å²) in [5, 5.41) is 0. The van der Waals surface area contributed by atoms with Crippen molar-refractivity contribution >= 4 is 23.8 Å². The fraction of sp³-hybridized carbons (Fsp3) is 0.316. The number of benzene rings is 2. The van der Waals surface area contributed by atoms with E-state index in [1.165, 1.54) is 4.90 Å². The number of rotatable bonds is 6. The molecule has 0 bridgehead atoms. The van der Waals surface area contributed by atoms with E-state index in [0.29, 0.717) is 0 Å². The molecule has 0 unspecified atom stereocenters. The van der Waals surface area contributed by atoms with Crippen molar-refractivity contribution in [2.75, 3.05) is 19.8 Å². The van der Waals surface area contributed by atoms with Crippen LogP contribution in [0.4, 0.5) is 5.69 Å². The van der Waals surface area contributed by atoms with E-state index in [-0.39, 0.29) is 0 Å². The van der Waals surface area contributed by atoms with E-state index in [0.717, 1.165) is 34.9 Å². The molecule has 0 aromatic heterocycles. The quantitative estimate of drug-likeness (QED) is 0.401. The van der Waals surface area contributed by atoms with Gasteiger partial charge in [-0.1, -0.05) is 6.07 Å². The van der Waals surface area contributed by atoms with Gasteiger partial charge in [0.15, 0.2) is 0 Å². The molecule has 3 nitrogen and oxygen atoms in total. The van der Waals surface area contributed by atoms with Crippen molar-refractivity contribution < 1.29 is 4.74 Å². The summed E-state index contributed by atoms with van der Waals surface area (Å²) in [6, 6.07) is 12.3. The fourth-order valence-electron chi connectivity index (χ4n) is 2.06. The number of aryl methyl sites for hydroxylation is 2. The maximum Gasteiger partial charge on any atom is 0.130 e. The van der Waals surface area contributed by atoms with Gasteiger partial charge in [-0.2, -0.15) is 0 Å². The van der Waals surface area contributed by atoms with Crippen molar-refractivity contribution in [3.05, 3.63) is 47.5 Å². The van der Waals surface area contributed by atoms with Gasteiger partial charge in [0.25, 0.3) is 0 Å². The fourth-order valence-corrected chi connectivity index (χ4v) is 2.51. The number of nitrogens with zero attached hydrogens (tertiary/aromatic N) is 2. The van der Waals surface area contributed by atoms with Gasteiger partial charge in [-0.25, -0.2) is 4.99 Å². The molecule has 0 radical (unpaired) electrons. The van der Waals surface area contributed by atoms with Crippen molar-refractivity contribution in [3.8, 4) is 11.5 Å². The molecule has 2 aromatic rings. The maximum absolute atomic E-state index is 6.06. The molecule has 0 saturated carbocycles. The van der Waals surface area contributed by atoms with Crippen LogP contribution >= 0.6 is 11.8 Å². The van der Waals surface area contributed by atoms with Crippen molar-refractivity contribution in [2.45, 2.75) is 25.7 Å². The van der Waals surface area contributed by atoms with E-state index in [1.54, 1.807) is 11.8 Å². The third-order valence-electron chi connectivity index (χ3n) is 3.66. The van der Waals surface area contributed by atoms with Crippen LogP contribution in [0.15, 0.2) is 46.3 Å². The molecule has 0 atom stereocenters. The lowest BCUT2D eigenvalue weighted by atomic mass is 10.1. The first-order valence-corrected chi connectivity index (χ1v) is 8.93. The van der Waals surface area contributed by atoms with E-state index in [9.17, 15) is 0 Å². The van der Waals surface area contributed by atoms with Crippen LogP contribution < -0.4 is 4.74 Å². The minimum atomic E-state index is 0.862. The lowest BCUT2D eigenvalue weighted by molar-refractivity contribution is 0.477. The van der Waals surface area contributed by atoms with Crippen molar-refractivity contribution in [1.82, 2.24) is 4.90 Å². The highest BCUT2D eigenvalue weighted by Crippen LogP contribution is 2.32. The molecule has 0 spiro atoms. The van der Waals surface area contributed by atoms with E-state index in [1.807, 2.05) is 30.4 Å². The van der Waals surface area contributed by atoms with E-state index < -0.39 is 0 Å². The van der Waals surface area contributed by atoms with Gasteiger partial charge in [0.2, 0.25) is 0 Å². The summed E-state index contributed by atoms with van der Waals surface area (Å²) in [4.78, 5) is 7.80. The number of thioether (sulfide) groups is 1. The molecule has 4 heteroatoms.